The fourth-order valence-electron chi connectivity index (χ4n) is 3.23. The Bertz CT molecular complexity index is 720. The Labute approximate surface area is 134 Å². The molecule has 0 spiro atoms. The molecule has 1 saturated heterocycles. The molecule has 6 heteroatoms. The van der Waals surface area contributed by atoms with Gasteiger partial charge in [0.2, 0.25) is 0 Å². The van der Waals surface area contributed by atoms with Crippen molar-refractivity contribution in [3.05, 3.63) is 16.3 Å². The average molecular weight is 319 g/mol. The number of hydrogen-bond acceptors (Lipinski definition) is 6. The predicted molar refractivity (Wildman–Crippen MR) is 87.8 cm³/mol. The Balaban J connectivity index is 1.90. The molecule has 0 radical (unpaired) electrons. The van der Waals surface area contributed by atoms with Crippen molar-refractivity contribution in [1.29, 1.82) is 0 Å². The zero-order valence-corrected chi connectivity index (χ0v) is 14.1. The molecule has 22 heavy (non-hydrogen) atoms. The van der Waals surface area contributed by atoms with Crippen molar-refractivity contribution in [3.63, 3.8) is 0 Å². The van der Waals surface area contributed by atoms with Gasteiger partial charge in [-0.3, -0.25) is 0 Å². The monoisotopic (exact) mass is 319 g/mol. The number of ether oxygens (including phenoxy) is 2. The molecule has 4 rings (SSSR count). The molecule has 2 aliphatic rings. The first-order valence-electron chi connectivity index (χ1n) is 7.79. The predicted octanol–water partition coefficient (Wildman–Crippen LogP) is 2.69. The maximum atomic E-state index is 5.97. The van der Waals surface area contributed by atoms with Gasteiger partial charge < -0.3 is 14.4 Å². The van der Waals surface area contributed by atoms with Crippen molar-refractivity contribution in [2.45, 2.75) is 39.4 Å². The second-order valence-corrected chi connectivity index (χ2v) is 7.69. The molecule has 118 valence electrons. The van der Waals surface area contributed by atoms with Crippen LogP contribution >= 0.6 is 11.3 Å². The Morgan fingerprint density at radius 1 is 1.18 bits per heavy atom. The summed E-state index contributed by atoms with van der Waals surface area (Å²) in [7, 11) is 0. The molecule has 0 aliphatic carbocycles. The van der Waals surface area contributed by atoms with E-state index in [4.69, 9.17) is 14.5 Å². The van der Waals surface area contributed by atoms with Crippen LogP contribution in [0.5, 0.6) is 0 Å². The van der Waals surface area contributed by atoms with Gasteiger partial charge >= 0.3 is 0 Å². The van der Waals surface area contributed by atoms with E-state index in [1.165, 1.54) is 15.8 Å². The lowest BCUT2D eigenvalue weighted by Gasteiger charge is -2.32. The van der Waals surface area contributed by atoms with E-state index in [1.54, 1.807) is 11.3 Å². The zero-order chi connectivity index (χ0) is 15.3. The van der Waals surface area contributed by atoms with E-state index in [0.29, 0.717) is 6.61 Å². The van der Waals surface area contributed by atoms with Gasteiger partial charge in [0.05, 0.1) is 30.8 Å². The number of anilines is 1. The van der Waals surface area contributed by atoms with Crippen molar-refractivity contribution >= 4 is 27.4 Å². The van der Waals surface area contributed by atoms with Crippen molar-refractivity contribution in [2.75, 3.05) is 31.2 Å². The highest BCUT2D eigenvalue weighted by Crippen LogP contribution is 2.41. The molecule has 5 nitrogen and oxygen atoms in total. The highest BCUT2D eigenvalue weighted by atomic mass is 32.1. The Morgan fingerprint density at radius 2 is 1.95 bits per heavy atom. The minimum atomic E-state index is -0.117. The first-order chi connectivity index (χ1) is 10.5. The normalized spacial score (nSPS) is 21.1. The maximum Gasteiger partial charge on any atom is 0.141 e. The summed E-state index contributed by atoms with van der Waals surface area (Å²) in [5, 5.41) is 1.24. The Hall–Kier alpha value is -1.24. The van der Waals surface area contributed by atoms with E-state index in [9.17, 15) is 0 Å². The van der Waals surface area contributed by atoms with Gasteiger partial charge in [-0.2, -0.15) is 0 Å². The maximum absolute atomic E-state index is 5.97. The van der Waals surface area contributed by atoms with Crippen LogP contribution < -0.4 is 4.90 Å². The number of aryl methyl sites for hydroxylation is 1. The van der Waals surface area contributed by atoms with Crippen LogP contribution in [0, 0.1) is 6.92 Å². The van der Waals surface area contributed by atoms with Crippen molar-refractivity contribution in [1.82, 2.24) is 9.97 Å². The van der Waals surface area contributed by atoms with Gasteiger partial charge in [-0.15, -0.1) is 11.3 Å². The lowest BCUT2D eigenvalue weighted by Crippen LogP contribution is -2.37. The van der Waals surface area contributed by atoms with Gasteiger partial charge in [0.1, 0.15) is 16.5 Å². The molecule has 0 bridgehead atoms. The molecule has 1 fully saturated rings. The third kappa shape index (κ3) is 2.39. The topological polar surface area (TPSA) is 47.5 Å². The van der Waals surface area contributed by atoms with Crippen LogP contribution in [-0.2, 0) is 22.5 Å². The Kier molecular flexibility index (Phi) is 3.36. The third-order valence-corrected chi connectivity index (χ3v) is 5.43. The average Bonchev–Trinajstić information content (AvgIpc) is 2.83. The molecule has 0 amide bonds. The highest BCUT2D eigenvalue weighted by molar-refractivity contribution is 7.18. The number of thiophene rings is 1. The van der Waals surface area contributed by atoms with E-state index in [0.717, 1.165) is 49.2 Å². The summed E-state index contributed by atoms with van der Waals surface area (Å²) in [5.74, 6) is 1.92. The second kappa shape index (κ2) is 5.15. The molecular formula is C16H21N3O2S. The van der Waals surface area contributed by atoms with E-state index >= 15 is 0 Å². The molecule has 0 atom stereocenters. The second-order valence-electron chi connectivity index (χ2n) is 6.60. The van der Waals surface area contributed by atoms with Crippen molar-refractivity contribution in [2.24, 2.45) is 0 Å². The number of morpholine rings is 1. The van der Waals surface area contributed by atoms with Crippen LogP contribution in [0.4, 0.5) is 5.82 Å². The Morgan fingerprint density at radius 3 is 2.73 bits per heavy atom. The SMILES string of the molecule is Cc1nc(N2CCOCC2)c2c3c(sc2n1)COC(C)(C)C3. The zero-order valence-electron chi connectivity index (χ0n) is 13.3. The number of rotatable bonds is 1. The first-order valence-corrected chi connectivity index (χ1v) is 8.61. The number of aromatic nitrogens is 2. The van der Waals surface area contributed by atoms with Gasteiger partial charge in [-0.05, 0) is 26.3 Å². The van der Waals surface area contributed by atoms with Crippen LogP contribution in [0.1, 0.15) is 30.1 Å². The van der Waals surface area contributed by atoms with Crippen molar-refractivity contribution in [3.8, 4) is 0 Å². The minimum absolute atomic E-state index is 0.117. The van der Waals surface area contributed by atoms with Gasteiger partial charge in [-0.25, -0.2) is 9.97 Å². The third-order valence-electron chi connectivity index (χ3n) is 4.33. The number of fused-ring (bicyclic) bond motifs is 3. The summed E-state index contributed by atoms with van der Waals surface area (Å²) in [5.41, 5.74) is 1.27. The van der Waals surface area contributed by atoms with Crippen LogP contribution in [-0.4, -0.2) is 41.9 Å². The molecule has 2 aromatic rings. The fourth-order valence-corrected chi connectivity index (χ4v) is 4.38. The molecule has 0 saturated carbocycles. The summed E-state index contributed by atoms with van der Waals surface area (Å²) in [4.78, 5) is 14.2. The highest BCUT2D eigenvalue weighted by Gasteiger charge is 2.31. The lowest BCUT2D eigenvalue weighted by atomic mass is 9.94. The van der Waals surface area contributed by atoms with E-state index in [-0.39, 0.29) is 5.60 Å². The first kappa shape index (κ1) is 14.4. The lowest BCUT2D eigenvalue weighted by molar-refractivity contribution is -0.0379. The largest absolute Gasteiger partial charge is 0.378 e. The molecule has 4 heterocycles. The quantitative estimate of drug-likeness (QED) is 0.809. The van der Waals surface area contributed by atoms with Crippen LogP contribution in [0.3, 0.4) is 0 Å². The van der Waals surface area contributed by atoms with Gasteiger partial charge in [0.25, 0.3) is 0 Å². The summed E-state index contributed by atoms with van der Waals surface area (Å²) in [6, 6.07) is 0. The van der Waals surface area contributed by atoms with Gasteiger partial charge in [0.15, 0.2) is 0 Å². The summed E-state index contributed by atoms with van der Waals surface area (Å²) in [6.07, 6.45) is 0.923. The van der Waals surface area contributed by atoms with E-state index in [1.807, 2.05) is 6.92 Å². The van der Waals surface area contributed by atoms with Crippen molar-refractivity contribution < 1.29 is 9.47 Å². The summed E-state index contributed by atoms with van der Waals surface area (Å²) in [6.45, 7) is 10.3. The van der Waals surface area contributed by atoms with Crippen LogP contribution in [0.25, 0.3) is 10.2 Å². The van der Waals surface area contributed by atoms with Gasteiger partial charge in [-0.1, -0.05) is 0 Å². The summed E-state index contributed by atoms with van der Waals surface area (Å²) < 4.78 is 11.5. The fraction of sp³-hybridized carbons (Fsp3) is 0.625. The summed E-state index contributed by atoms with van der Waals surface area (Å²) >= 11 is 1.76. The number of nitrogens with zero attached hydrogens (tertiary/aromatic N) is 3. The smallest absolute Gasteiger partial charge is 0.141 e. The molecule has 0 N–H and O–H groups in total. The molecule has 0 aromatic carbocycles. The van der Waals surface area contributed by atoms with Gasteiger partial charge in [0, 0.05) is 24.4 Å². The molecule has 0 unspecified atom stereocenters. The van der Waals surface area contributed by atoms with E-state index in [2.05, 4.69) is 23.7 Å². The molecular weight excluding hydrogens is 298 g/mol. The molecule has 2 aliphatic heterocycles. The van der Waals surface area contributed by atoms with E-state index < -0.39 is 0 Å². The number of hydrogen-bond donors (Lipinski definition) is 0. The van der Waals surface area contributed by atoms with Crippen LogP contribution in [0.15, 0.2) is 0 Å². The van der Waals surface area contributed by atoms with Crippen LogP contribution in [0.2, 0.25) is 0 Å². The molecule has 2 aromatic heterocycles. The standard InChI is InChI=1S/C16H21N3O2S/c1-10-17-14(19-4-6-20-7-5-19)13-11-8-16(2,3)21-9-12(11)22-15(13)18-10/h4-9H2,1-3H3. The minimum Gasteiger partial charge on any atom is -0.378 e.